The number of nitrogens with one attached hydrogen (secondary N) is 1. The van der Waals surface area contributed by atoms with E-state index in [1.165, 1.54) is 19.3 Å². The van der Waals surface area contributed by atoms with E-state index in [4.69, 9.17) is 4.74 Å². The fourth-order valence-electron chi connectivity index (χ4n) is 2.25. The second-order valence-electron chi connectivity index (χ2n) is 5.64. The second-order valence-corrected chi connectivity index (χ2v) is 6.79. The summed E-state index contributed by atoms with van der Waals surface area (Å²) in [6.45, 7) is 7.23. The smallest absolute Gasteiger partial charge is 0.131 e. The van der Waals surface area contributed by atoms with Crippen molar-refractivity contribution in [1.29, 1.82) is 0 Å². The zero-order valence-corrected chi connectivity index (χ0v) is 12.8. The average Bonchev–Trinajstić information content (AvgIpc) is 2.85. The average molecular weight is 283 g/mol. The third-order valence-corrected chi connectivity index (χ3v) is 4.27. The minimum absolute atomic E-state index is 0.445. The SMILES string of the molecule is CC(C)CNCc1nnc(CCC2CCCCO2)s1. The van der Waals surface area contributed by atoms with Crippen molar-refractivity contribution in [3.05, 3.63) is 10.0 Å². The van der Waals surface area contributed by atoms with Crippen LogP contribution in [-0.4, -0.2) is 29.5 Å². The number of aromatic nitrogens is 2. The van der Waals surface area contributed by atoms with Crippen molar-refractivity contribution in [2.45, 2.75) is 58.6 Å². The van der Waals surface area contributed by atoms with Crippen LogP contribution in [0.25, 0.3) is 0 Å². The molecule has 1 aromatic heterocycles. The summed E-state index contributed by atoms with van der Waals surface area (Å²) in [6.07, 6.45) is 6.29. The van der Waals surface area contributed by atoms with E-state index in [2.05, 4.69) is 29.4 Å². The zero-order chi connectivity index (χ0) is 13.5. The molecule has 0 spiro atoms. The Morgan fingerprint density at radius 2 is 2.16 bits per heavy atom. The van der Waals surface area contributed by atoms with E-state index in [1.54, 1.807) is 11.3 Å². The molecule has 0 saturated carbocycles. The molecule has 1 fully saturated rings. The van der Waals surface area contributed by atoms with Crippen molar-refractivity contribution in [3.8, 4) is 0 Å². The molecule has 0 bridgehead atoms. The van der Waals surface area contributed by atoms with Crippen LogP contribution in [0, 0.1) is 5.92 Å². The number of hydrogen-bond acceptors (Lipinski definition) is 5. The van der Waals surface area contributed by atoms with Crippen LogP contribution in [0.4, 0.5) is 0 Å². The van der Waals surface area contributed by atoms with Gasteiger partial charge in [-0.15, -0.1) is 21.5 Å². The van der Waals surface area contributed by atoms with Crippen LogP contribution >= 0.6 is 11.3 Å². The van der Waals surface area contributed by atoms with Gasteiger partial charge in [0.2, 0.25) is 0 Å². The summed E-state index contributed by atoms with van der Waals surface area (Å²) in [4.78, 5) is 0. The standard InChI is InChI=1S/C14H25N3OS/c1-11(2)9-15-10-14-17-16-13(19-14)7-6-12-5-3-4-8-18-12/h11-12,15H,3-10H2,1-2H3. The quantitative estimate of drug-likeness (QED) is 0.836. The molecule has 2 rings (SSSR count). The number of hydrogen-bond donors (Lipinski definition) is 1. The Balaban J connectivity index is 1.68. The monoisotopic (exact) mass is 283 g/mol. The van der Waals surface area contributed by atoms with Gasteiger partial charge in [0.1, 0.15) is 10.0 Å². The van der Waals surface area contributed by atoms with Crippen LogP contribution < -0.4 is 5.32 Å². The molecule has 1 aromatic rings. The van der Waals surface area contributed by atoms with E-state index in [-0.39, 0.29) is 0 Å². The molecule has 0 radical (unpaired) electrons. The summed E-state index contributed by atoms with van der Waals surface area (Å²) >= 11 is 1.73. The molecule has 0 amide bonds. The summed E-state index contributed by atoms with van der Waals surface area (Å²) in [7, 11) is 0. The van der Waals surface area contributed by atoms with Gasteiger partial charge in [0.25, 0.3) is 0 Å². The fraction of sp³-hybridized carbons (Fsp3) is 0.857. The normalized spacial score (nSPS) is 20.1. The largest absolute Gasteiger partial charge is 0.378 e. The molecule has 1 aliphatic heterocycles. The first-order valence-electron chi connectivity index (χ1n) is 7.37. The highest BCUT2D eigenvalue weighted by atomic mass is 32.1. The maximum atomic E-state index is 5.74. The number of rotatable bonds is 7. The van der Waals surface area contributed by atoms with Gasteiger partial charge in [-0.05, 0) is 38.1 Å². The van der Waals surface area contributed by atoms with E-state index in [9.17, 15) is 0 Å². The van der Waals surface area contributed by atoms with Crippen LogP contribution in [-0.2, 0) is 17.7 Å². The Labute approximate surface area is 120 Å². The van der Waals surface area contributed by atoms with Crippen molar-refractivity contribution in [3.63, 3.8) is 0 Å². The van der Waals surface area contributed by atoms with Crippen LogP contribution in [0.15, 0.2) is 0 Å². The summed E-state index contributed by atoms with van der Waals surface area (Å²) in [6, 6.07) is 0. The Morgan fingerprint density at radius 3 is 2.89 bits per heavy atom. The van der Waals surface area contributed by atoms with Gasteiger partial charge >= 0.3 is 0 Å². The Bertz CT molecular complexity index is 361. The third kappa shape index (κ3) is 5.55. The van der Waals surface area contributed by atoms with Gasteiger partial charge in [-0.25, -0.2) is 0 Å². The molecule has 0 aromatic carbocycles. The van der Waals surface area contributed by atoms with Gasteiger partial charge in [-0.3, -0.25) is 0 Å². The second kappa shape index (κ2) is 7.92. The summed E-state index contributed by atoms with van der Waals surface area (Å²) in [5.41, 5.74) is 0. The van der Waals surface area contributed by atoms with Crippen LogP contribution in [0.5, 0.6) is 0 Å². The molecule has 1 atom stereocenters. The number of nitrogens with zero attached hydrogens (tertiary/aromatic N) is 2. The Hall–Kier alpha value is -0.520. The molecule has 2 heterocycles. The van der Waals surface area contributed by atoms with Crippen molar-refractivity contribution < 1.29 is 4.74 Å². The maximum Gasteiger partial charge on any atom is 0.131 e. The fourth-order valence-corrected chi connectivity index (χ4v) is 3.08. The van der Waals surface area contributed by atoms with E-state index in [1.807, 2.05) is 0 Å². The molecular weight excluding hydrogens is 258 g/mol. The molecule has 5 heteroatoms. The lowest BCUT2D eigenvalue weighted by Crippen LogP contribution is -2.19. The van der Waals surface area contributed by atoms with Crippen molar-refractivity contribution in [2.75, 3.05) is 13.2 Å². The summed E-state index contributed by atoms with van der Waals surface area (Å²) in [5.74, 6) is 0.677. The Morgan fingerprint density at radius 1 is 1.32 bits per heavy atom. The highest BCUT2D eigenvalue weighted by molar-refractivity contribution is 7.11. The van der Waals surface area contributed by atoms with E-state index < -0.39 is 0 Å². The predicted octanol–water partition coefficient (Wildman–Crippen LogP) is 2.79. The first-order valence-corrected chi connectivity index (χ1v) is 8.19. The Kier molecular flexibility index (Phi) is 6.20. The number of ether oxygens (including phenoxy) is 1. The molecule has 4 nitrogen and oxygen atoms in total. The minimum atomic E-state index is 0.445. The van der Waals surface area contributed by atoms with Crippen LogP contribution in [0.2, 0.25) is 0 Å². The third-order valence-electron chi connectivity index (χ3n) is 3.29. The van der Waals surface area contributed by atoms with Crippen LogP contribution in [0.1, 0.15) is 49.5 Å². The van der Waals surface area contributed by atoms with E-state index in [0.717, 1.165) is 42.6 Å². The van der Waals surface area contributed by atoms with Crippen LogP contribution in [0.3, 0.4) is 0 Å². The first kappa shape index (κ1) is 14.9. The topological polar surface area (TPSA) is 47.0 Å². The lowest BCUT2D eigenvalue weighted by atomic mass is 10.1. The zero-order valence-electron chi connectivity index (χ0n) is 12.0. The molecule has 1 unspecified atom stereocenters. The molecule has 1 N–H and O–H groups in total. The molecule has 1 saturated heterocycles. The maximum absolute atomic E-state index is 5.74. The van der Waals surface area contributed by atoms with Crippen molar-refractivity contribution >= 4 is 11.3 Å². The van der Waals surface area contributed by atoms with Crippen molar-refractivity contribution in [2.24, 2.45) is 5.92 Å². The molecular formula is C14H25N3OS. The summed E-state index contributed by atoms with van der Waals surface area (Å²) in [5, 5.41) is 14.2. The summed E-state index contributed by atoms with van der Waals surface area (Å²) < 4.78 is 5.74. The molecule has 108 valence electrons. The van der Waals surface area contributed by atoms with Gasteiger partial charge in [0.05, 0.1) is 6.10 Å². The van der Waals surface area contributed by atoms with Gasteiger partial charge in [0, 0.05) is 19.6 Å². The first-order chi connectivity index (χ1) is 9.24. The number of aryl methyl sites for hydroxylation is 1. The lowest BCUT2D eigenvalue weighted by Gasteiger charge is -2.21. The lowest BCUT2D eigenvalue weighted by molar-refractivity contribution is 0.0115. The van der Waals surface area contributed by atoms with Gasteiger partial charge in [-0.2, -0.15) is 0 Å². The molecule has 0 aliphatic carbocycles. The van der Waals surface area contributed by atoms with E-state index in [0.29, 0.717) is 12.0 Å². The molecule has 19 heavy (non-hydrogen) atoms. The van der Waals surface area contributed by atoms with Gasteiger partial charge in [0.15, 0.2) is 0 Å². The van der Waals surface area contributed by atoms with E-state index >= 15 is 0 Å². The highest BCUT2D eigenvalue weighted by Gasteiger charge is 2.14. The van der Waals surface area contributed by atoms with Gasteiger partial charge in [-0.1, -0.05) is 13.8 Å². The minimum Gasteiger partial charge on any atom is -0.378 e. The van der Waals surface area contributed by atoms with Gasteiger partial charge < -0.3 is 10.1 Å². The van der Waals surface area contributed by atoms with Crippen molar-refractivity contribution in [1.82, 2.24) is 15.5 Å². The molecule has 1 aliphatic rings. The highest BCUT2D eigenvalue weighted by Crippen LogP contribution is 2.19. The predicted molar refractivity (Wildman–Crippen MR) is 78.4 cm³/mol.